The van der Waals surface area contributed by atoms with Gasteiger partial charge >= 0.3 is 0 Å². The summed E-state index contributed by atoms with van der Waals surface area (Å²) in [7, 11) is 0. The summed E-state index contributed by atoms with van der Waals surface area (Å²) in [4.78, 5) is 12.7. The Morgan fingerprint density at radius 1 is 1.27 bits per heavy atom. The number of allylic oxidation sites excluding steroid dienone is 1. The molecule has 0 aromatic heterocycles. The standard InChI is InChI=1S/C26H35ClN2O/c1-4-24(27)14-21-6-5-7-25(15-21)29-26(30)19(3)13-22(12-18(2)23-10-11-23)17-28-16-20-8-9-20/h5-7,12-13,15,20,23-24,28H,3-4,8-11,14,16-17H2,1-2H3,(H,29,30)/b18-12+,22-13+. The summed E-state index contributed by atoms with van der Waals surface area (Å²) in [5.74, 6) is 1.39. The van der Waals surface area contributed by atoms with Crippen molar-refractivity contribution in [3.63, 3.8) is 0 Å². The number of nitrogens with one attached hydrogen (secondary N) is 2. The Kier molecular flexibility index (Phi) is 8.35. The maximum absolute atomic E-state index is 12.7. The molecule has 0 spiro atoms. The molecule has 1 atom stereocenters. The Hall–Kier alpha value is -1.84. The lowest BCUT2D eigenvalue weighted by Gasteiger charge is -2.11. The highest BCUT2D eigenvalue weighted by atomic mass is 35.5. The summed E-state index contributed by atoms with van der Waals surface area (Å²) in [5, 5.41) is 6.64. The summed E-state index contributed by atoms with van der Waals surface area (Å²) in [6.07, 6.45) is 11.1. The molecule has 2 N–H and O–H groups in total. The van der Waals surface area contributed by atoms with E-state index < -0.39 is 0 Å². The zero-order chi connectivity index (χ0) is 21.5. The van der Waals surface area contributed by atoms with Gasteiger partial charge in [0.25, 0.3) is 5.91 Å². The van der Waals surface area contributed by atoms with E-state index in [1.165, 1.54) is 31.3 Å². The third-order valence-corrected chi connectivity index (χ3v) is 6.29. The topological polar surface area (TPSA) is 41.1 Å². The lowest BCUT2D eigenvalue weighted by atomic mass is 10.1. The van der Waals surface area contributed by atoms with Crippen LogP contribution < -0.4 is 10.6 Å². The molecule has 30 heavy (non-hydrogen) atoms. The molecule has 1 unspecified atom stereocenters. The number of carbonyl (C=O) groups is 1. The van der Waals surface area contributed by atoms with Gasteiger partial charge in [-0.25, -0.2) is 0 Å². The largest absolute Gasteiger partial charge is 0.322 e. The van der Waals surface area contributed by atoms with Crippen LogP contribution in [0.4, 0.5) is 5.69 Å². The van der Waals surface area contributed by atoms with Crippen molar-refractivity contribution >= 4 is 23.2 Å². The van der Waals surface area contributed by atoms with Crippen molar-refractivity contribution in [1.82, 2.24) is 5.32 Å². The molecule has 1 amide bonds. The van der Waals surface area contributed by atoms with Crippen LogP contribution in [0.5, 0.6) is 0 Å². The molecule has 2 aliphatic carbocycles. The minimum Gasteiger partial charge on any atom is -0.322 e. The van der Waals surface area contributed by atoms with Crippen molar-refractivity contribution < 1.29 is 4.79 Å². The van der Waals surface area contributed by atoms with Gasteiger partial charge in [-0.15, -0.1) is 11.6 Å². The number of rotatable bonds is 12. The molecular formula is C26H35ClN2O. The van der Waals surface area contributed by atoms with E-state index in [0.29, 0.717) is 5.57 Å². The highest BCUT2D eigenvalue weighted by Crippen LogP contribution is 2.36. The smallest absolute Gasteiger partial charge is 0.255 e. The van der Waals surface area contributed by atoms with Gasteiger partial charge in [-0.05, 0) is 93.2 Å². The summed E-state index contributed by atoms with van der Waals surface area (Å²) < 4.78 is 0. The van der Waals surface area contributed by atoms with Gasteiger partial charge in [-0.2, -0.15) is 0 Å². The number of hydrogen-bond acceptors (Lipinski definition) is 2. The fourth-order valence-corrected chi connectivity index (χ4v) is 3.69. The van der Waals surface area contributed by atoms with Crippen molar-refractivity contribution in [2.24, 2.45) is 11.8 Å². The van der Waals surface area contributed by atoms with E-state index in [0.717, 1.165) is 54.6 Å². The molecule has 0 heterocycles. The highest BCUT2D eigenvalue weighted by molar-refractivity contribution is 6.20. The Bertz CT molecular complexity index is 818. The van der Waals surface area contributed by atoms with Crippen molar-refractivity contribution in [2.75, 3.05) is 18.4 Å². The Morgan fingerprint density at radius 3 is 2.70 bits per heavy atom. The van der Waals surface area contributed by atoms with E-state index in [9.17, 15) is 4.79 Å². The third-order valence-electron chi connectivity index (χ3n) is 5.83. The lowest BCUT2D eigenvalue weighted by molar-refractivity contribution is -0.112. The van der Waals surface area contributed by atoms with E-state index in [1.54, 1.807) is 0 Å². The molecular weight excluding hydrogens is 392 g/mol. The van der Waals surface area contributed by atoms with Gasteiger partial charge in [-0.3, -0.25) is 4.79 Å². The van der Waals surface area contributed by atoms with Crippen molar-refractivity contribution in [1.29, 1.82) is 0 Å². The zero-order valence-corrected chi connectivity index (χ0v) is 19.1. The molecule has 162 valence electrons. The molecule has 0 aliphatic heterocycles. The van der Waals surface area contributed by atoms with Crippen molar-refractivity contribution in [3.05, 3.63) is 65.3 Å². The Labute approximate surface area is 186 Å². The fraction of sp³-hybridized carbons (Fsp3) is 0.500. The van der Waals surface area contributed by atoms with Gasteiger partial charge in [0.1, 0.15) is 0 Å². The first-order valence-corrected chi connectivity index (χ1v) is 11.7. The maximum Gasteiger partial charge on any atom is 0.255 e. The van der Waals surface area contributed by atoms with Crippen LogP contribution in [0.1, 0.15) is 51.5 Å². The Morgan fingerprint density at radius 2 is 2.03 bits per heavy atom. The van der Waals surface area contributed by atoms with Crippen LogP contribution in [0.3, 0.4) is 0 Å². The number of hydrogen-bond donors (Lipinski definition) is 2. The molecule has 4 heteroatoms. The molecule has 1 aromatic carbocycles. The summed E-state index contributed by atoms with van der Waals surface area (Å²) >= 11 is 6.28. The van der Waals surface area contributed by atoms with Gasteiger partial charge in [0.05, 0.1) is 0 Å². The number of halogens is 1. The number of alkyl halides is 1. The molecule has 2 aliphatic rings. The number of benzene rings is 1. The molecule has 2 fully saturated rings. The molecule has 0 saturated heterocycles. The van der Waals surface area contributed by atoms with E-state index in [1.807, 2.05) is 30.3 Å². The van der Waals surface area contributed by atoms with E-state index in [2.05, 4.69) is 37.1 Å². The van der Waals surface area contributed by atoms with Crippen molar-refractivity contribution in [3.8, 4) is 0 Å². The van der Waals surface area contributed by atoms with Crippen LogP contribution in [-0.2, 0) is 11.2 Å². The quantitative estimate of drug-likeness (QED) is 0.243. The predicted molar refractivity (Wildman–Crippen MR) is 128 cm³/mol. The van der Waals surface area contributed by atoms with E-state index in [4.69, 9.17) is 11.6 Å². The van der Waals surface area contributed by atoms with Gasteiger partial charge < -0.3 is 10.6 Å². The van der Waals surface area contributed by atoms with Gasteiger partial charge in [0.15, 0.2) is 0 Å². The minimum absolute atomic E-state index is 0.112. The monoisotopic (exact) mass is 426 g/mol. The average Bonchev–Trinajstić information content (AvgIpc) is 3.61. The summed E-state index contributed by atoms with van der Waals surface area (Å²) in [6.45, 7) is 10.1. The third kappa shape index (κ3) is 7.77. The summed E-state index contributed by atoms with van der Waals surface area (Å²) in [5.41, 5.74) is 4.92. The fourth-order valence-electron chi connectivity index (χ4n) is 3.51. The molecule has 0 radical (unpaired) electrons. The average molecular weight is 427 g/mol. The van der Waals surface area contributed by atoms with Crippen LogP contribution in [0.2, 0.25) is 0 Å². The van der Waals surface area contributed by atoms with Gasteiger partial charge in [0, 0.05) is 23.2 Å². The zero-order valence-electron chi connectivity index (χ0n) is 18.3. The lowest BCUT2D eigenvalue weighted by Crippen LogP contribution is -2.20. The van der Waals surface area contributed by atoms with Crippen LogP contribution >= 0.6 is 11.6 Å². The van der Waals surface area contributed by atoms with Crippen LogP contribution in [0.15, 0.2) is 59.7 Å². The second kappa shape index (κ2) is 11.0. The molecule has 3 nitrogen and oxygen atoms in total. The number of anilines is 1. The first-order valence-electron chi connectivity index (χ1n) is 11.3. The predicted octanol–water partition coefficient (Wildman–Crippen LogP) is 6.02. The minimum atomic E-state index is -0.165. The van der Waals surface area contributed by atoms with E-state index >= 15 is 0 Å². The molecule has 3 rings (SSSR count). The first kappa shape index (κ1) is 22.8. The van der Waals surface area contributed by atoms with Crippen molar-refractivity contribution in [2.45, 2.75) is 57.7 Å². The molecule has 1 aromatic rings. The van der Waals surface area contributed by atoms with Crippen LogP contribution in [0.25, 0.3) is 0 Å². The molecule has 0 bridgehead atoms. The maximum atomic E-state index is 12.7. The highest BCUT2D eigenvalue weighted by Gasteiger charge is 2.23. The number of carbonyl (C=O) groups excluding carboxylic acids is 1. The first-order chi connectivity index (χ1) is 14.4. The van der Waals surface area contributed by atoms with Gasteiger partial charge in [-0.1, -0.05) is 37.3 Å². The number of amides is 1. The second-order valence-corrected chi connectivity index (χ2v) is 9.46. The molecule has 2 saturated carbocycles. The van der Waals surface area contributed by atoms with Crippen LogP contribution in [-0.4, -0.2) is 24.4 Å². The SMILES string of the molecule is C=C(/C=C(\C=C(/C)C1CC1)CNCC1CC1)C(=O)Nc1cccc(CC(Cl)CC)c1. The van der Waals surface area contributed by atoms with Gasteiger partial charge in [0.2, 0.25) is 0 Å². The van der Waals surface area contributed by atoms with E-state index in [-0.39, 0.29) is 11.3 Å². The second-order valence-electron chi connectivity index (χ2n) is 8.85. The summed E-state index contributed by atoms with van der Waals surface area (Å²) in [6, 6.07) is 7.90. The Balaban J connectivity index is 1.62. The normalized spacial score (nSPS) is 18.2. The van der Waals surface area contributed by atoms with Crippen LogP contribution in [0, 0.1) is 11.8 Å².